The summed E-state index contributed by atoms with van der Waals surface area (Å²) in [6.07, 6.45) is -0.435. The molecule has 5 atom stereocenters. The Morgan fingerprint density at radius 3 is 2.30 bits per heavy atom. The molecule has 50 heavy (non-hydrogen) atoms. The normalized spacial score (nSPS) is 18.0. The van der Waals surface area contributed by atoms with Crippen molar-refractivity contribution in [2.75, 3.05) is 47.5 Å². The van der Waals surface area contributed by atoms with E-state index in [2.05, 4.69) is 19.2 Å². The Hall–Kier alpha value is -3.62. The van der Waals surface area contributed by atoms with Gasteiger partial charge in [-0.25, -0.2) is 9.59 Å². The van der Waals surface area contributed by atoms with Gasteiger partial charge in [0.1, 0.15) is 12.8 Å². The highest BCUT2D eigenvalue weighted by Crippen LogP contribution is 2.36. The lowest BCUT2D eigenvalue weighted by Crippen LogP contribution is -2.47. The number of nitrogens with one attached hydrogen (secondary N) is 1. The third kappa shape index (κ3) is 12.9. The van der Waals surface area contributed by atoms with Crippen molar-refractivity contribution in [1.82, 2.24) is 10.2 Å². The number of nitrogens with two attached hydrogens (primary N) is 1. The van der Waals surface area contributed by atoms with Gasteiger partial charge in [-0.2, -0.15) is 0 Å². The van der Waals surface area contributed by atoms with Crippen LogP contribution in [0.25, 0.3) is 0 Å². The Morgan fingerprint density at radius 1 is 1.02 bits per heavy atom. The second-order valence-corrected chi connectivity index (χ2v) is 14.2. The molecule has 4 N–H and O–H groups in total. The van der Waals surface area contributed by atoms with Crippen LogP contribution in [-0.4, -0.2) is 99.6 Å². The van der Waals surface area contributed by atoms with Crippen LogP contribution >= 0.6 is 0 Å². The predicted molar refractivity (Wildman–Crippen MR) is 185 cm³/mol. The number of benzene rings is 1. The number of methoxy groups -OCH3 is 2. The molecule has 14 nitrogen and oxygen atoms in total. The summed E-state index contributed by atoms with van der Waals surface area (Å²) in [5, 5.41) is 12.3. The second-order valence-electron chi connectivity index (χ2n) is 14.2. The van der Waals surface area contributed by atoms with E-state index in [1.807, 2.05) is 32.0 Å². The van der Waals surface area contributed by atoms with Crippen LogP contribution in [0.5, 0.6) is 11.5 Å². The largest absolute Gasteiger partial charge is 0.493 e. The zero-order valence-corrected chi connectivity index (χ0v) is 31.2. The number of carbonyl (C=O) groups excluding carboxylic acids is 4. The molecule has 1 saturated heterocycles. The van der Waals surface area contributed by atoms with E-state index < -0.39 is 54.3 Å². The van der Waals surface area contributed by atoms with Gasteiger partial charge >= 0.3 is 12.1 Å². The van der Waals surface area contributed by atoms with Crippen molar-refractivity contribution >= 4 is 23.9 Å². The molecule has 2 rings (SSSR count). The molecule has 14 heteroatoms. The predicted octanol–water partition coefficient (Wildman–Crippen LogP) is 3.65. The first-order valence-corrected chi connectivity index (χ1v) is 17.3. The Morgan fingerprint density at radius 2 is 1.72 bits per heavy atom. The van der Waals surface area contributed by atoms with Gasteiger partial charge in [0, 0.05) is 32.6 Å². The Kier molecular flexibility index (Phi) is 17.3. The summed E-state index contributed by atoms with van der Waals surface area (Å²) in [5.41, 5.74) is 5.61. The molecule has 0 bridgehead atoms. The minimum Gasteiger partial charge on any atom is -0.493 e. The van der Waals surface area contributed by atoms with Gasteiger partial charge in [-0.15, -0.1) is 0 Å². The highest BCUT2D eigenvalue weighted by molar-refractivity contribution is 5.83. The average Bonchev–Trinajstić information content (AvgIpc) is 3.45. The quantitative estimate of drug-likeness (QED) is 0.0962. The first-order chi connectivity index (χ1) is 23.5. The monoisotopic (exact) mass is 709 g/mol. The summed E-state index contributed by atoms with van der Waals surface area (Å²) in [6.45, 7) is 13.1. The number of nitrogens with zero attached hydrogens (tertiary/aromatic N) is 1. The molecule has 0 spiro atoms. The highest BCUT2D eigenvalue weighted by Gasteiger charge is 2.43. The topological polar surface area (TPSA) is 185 Å². The summed E-state index contributed by atoms with van der Waals surface area (Å²) in [7, 11) is 3.24. The van der Waals surface area contributed by atoms with Crippen molar-refractivity contribution < 1.29 is 52.7 Å². The van der Waals surface area contributed by atoms with Crippen LogP contribution in [0.1, 0.15) is 73.3 Å². The van der Waals surface area contributed by atoms with Gasteiger partial charge in [-0.05, 0) is 75.5 Å². The van der Waals surface area contributed by atoms with E-state index in [4.69, 9.17) is 34.2 Å². The molecule has 1 heterocycles. The van der Waals surface area contributed by atoms with Gasteiger partial charge in [-0.3, -0.25) is 14.5 Å². The number of esters is 1. The number of carbonyl (C=O) groups is 4. The second kappa shape index (κ2) is 20.3. The number of hydrogen-bond donors (Lipinski definition) is 3. The molecule has 1 aliphatic heterocycles. The summed E-state index contributed by atoms with van der Waals surface area (Å²) in [6, 6.07) is 5.36. The Labute approximate surface area is 296 Å². The Bertz CT molecular complexity index is 1250. The van der Waals surface area contributed by atoms with Gasteiger partial charge in [0.15, 0.2) is 11.5 Å². The van der Waals surface area contributed by atoms with Crippen molar-refractivity contribution in [3.8, 4) is 11.5 Å². The third-order valence-electron chi connectivity index (χ3n) is 9.18. The molecule has 1 aromatic rings. The van der Waals surface area contributed by atoms with Gasteiger partial charge in [-0.1, -0.05) is 33.8 Å². The zero-order valence-electron chi connectivity index (χ0n) is 31.2. The van der Waals surface area contributed by atoms with E-state index in [0.717, 1.165) is 12.0 Å². The molecule has 1 fully saturated rings. The molecule has 0 aromatic heterocycles. The maximum Gasteiger partial charge on any atom is 0.414 e. The van der Waals surface area contributed by atoms with Crippen LogP contribution in [0.15, 0.2) is 18.2 Å². The van der Waals surface area contributed by atoms with Crippen molar-refractivity contribution in [2.45, 2.75) is 92.4 Å². The fourth-order valence-electron chi connectivity index (χ4n) is 5.63. The van der Waals surface area contributed by atoms with Gasteiger partial charge in [0.05, 0.1) is 31.3 Å². The molecule has 0 saturated carbocycles. The maximum atomic E-state index is 13.5. The van der Waals surface area contributed by atoms with Gasteiger partial charge in [0.2, 0.25) is 18.6 Å². The highest BCUT2D eigenvalue weighted by atomic mass is 16.7. The standard InChI is InChI=1S/C36H59N3O11/c1-22(2)26(15-25-11-12-29(46-9)31(16-25)47-14-10-13-45-8)17-28-30(48-20-39(28)35(44)50-21-49-33(42)24(5)40)18-27(23(3)4)32(41)38-19-36(6,7)34(37)43/h11-12,16,22-24,26-28,30,40H,10,13-15,17-21H2,1-9H3,(H2,37,43)(H,38,41)/t24-,26+,27+,28+,30+/m1/s1. The summed E-state index contributed by atoms with van der Waals surface area (Å²) in [5.74, 6) is -0.750. The first kappa shape index (κ1) is 42.5. The molecule has 0 unspecified atom stereocenters. The molecule has 3 amide bonds. The summed E-state index contributed by atoms with van der Waals surface area (Å²) >= 11 is 0. The smallest absolute Gasteiger partial charge is 0.414 e. The van der Waals surface area contributed by atoms with Gasteiger partial charge in [0.25, 0.3) is 0 Å². The van der Waals surface area contributed by atoms with Crippen LogP contribution in [0.3, 0.4) is 0 Å². The lowest BCUT2D eigenvalue weighted by atomic mass is 9.80. The van der Waals surface area contributed by atoms with Crippen molar-refractivity contribution in [2.24, 2.45) is 34.8 Å². The number of primary amides is 1. The van der Waals surface area contributed by atoms with E-state index in [1.54, 1.807) is 28.1 Å². The van der Waals surface area contributed by atoms with Crippen LogP contribution in [0, 0.1) is 29.1 Å². The summed E-state index contributed by atoms with van der Waals surface area (Å²) in [4.78, 5) is 51.9. The fourth-order valence-corrected chi connectivity index (χ4v) is 5.63. The number of aliphatic hydroxyl groups excluding tert-OH is 1. The van der Waals surface area contributed by atoms with E-state index in [-0.39, 0.29) is 36.9 Å². The van der Waals surface area contributed by atoms with Crippen molar-refractivity contribution in [3.05, 3.63) is 23.8 Å². The minimum absolute atomic E-state index is 0.0602. The zero-order chi connectivity index (χ0) is 37.6. The van der Waals surface area contributed by atoms with Crippen LogP contribution < -0.4 is 20.5 Å². The number of aliphatic hydroxyl groups is 1. The number of rotatable bonds is 21. The lowest BCUT2D eigenvalue weighted by Gasteiger charge is -2.33. The molecular formula is C36H59N3O11. The first-order valence-electron chi connectivity index (χ1n) is 17.3. The number of hydrogen-bond acceptors (Lipinski definition) is 11. The van der Waals surface area contributed by atoms with Crippen LogP contribution in [0.2, 0.25) is 0 Å². The van der Waals surface area contributed by atoms with Crippen molar-refractivity contribution in [1.29, 1.82) is 0 Å². The Balaban J connectivity index is 2.34. The number of amides is 3. The molecule has 1 aromatic carbocycles. The number of ether oxygens (including phenoxy) is 6. The van der Waals surface area contributed by atoms with Gasteiger partial charge < -0.3 is 44.6 Å². The van der Waals surface area contributed by atoms with Crippen LogP contribution in [-0.2, 0) is 39.8 Å². The van der Waals surface area contributed by atoms with E-state index in [1.165, 1.54) is 11.8 Å². The molecule has 0 radical (unpaired) electrons. The maximum absolute atomic E-state index is 13.5. The molecule has 284 valence electrons. The van der Waals surface area contributed by atoms with E-state index >= 15 is 0 Å². The fraction of sp³-hybridized carbons (Fsp3) is 0.722. The lowest BCUT2D eigenvalue weighted by molar-refractivity contribution is -0.161. The molecule has 0 aliphatic carbocycles. The third-order valence-corrected chi connectivity index (χ3v) is 9.18. The van der Waals surface area contributed by atoms with Crippen molar-refractivity contribution in [3.63, 3.8) is 0 Å². The van der Waals surface area contributed by atoms with Crippen LogP contribution in [0.4, 0.5) is 4.79 Å². The molecular weight excluding hydrogens is 650 g/mol. The average molecular weight is 710 g/mol. The molecule has 1 aliphatic rings. The SMILES string of the molecule is COCCCOc1cc(C[C@@H](C[C@H]2[C@H](C[C@H](C(=O)NCC(C)(C)C(N)=O)C(C)C)OCN2C(=O)OCOC(=O)[C@@H](C)O)C(C)C)ccc1OC. The van der Waals surface area contributed by atoms with E-state index in [9.17, 15) is 24.3 Å². The summed E-state index contributed by atoms with van der Waals surface area (Å²) < 4.78 is 33.0. The minimum atomic E-state index is -1.37. The van der Waals surface area contributed by atoms with E-state index in [0.29, 0.717) is 44.0 Å².